The molecule has 0 amide bonds. The third kappa shape index (κ3) is 4.55. The van der Waals surface area contributed by atoms with Crippen LogP contribution in [0.2, 0.25) is 5.02 Å². The number of rotatable bonds is 6. The fourth-order valence-corrected chi connectivity index (χ4v) is 2.03. The summed E-state index contributed by atoms with van der Waals surface area (Å²) in [4.78, 5) is 2.20. The molecule has 100 valence electrons. The van der Waals surface area contributed by atoms with Gasteiger partial charge >= 0.3 is 0 Å². The van der Waals surface area contributed by atoms with E-state index in [1.54, 1.807) is 0 Å². The molecule has 1 rings (SSSR count). The Morgan fingerprint density at radius 2 is 2.06 bits per heavy atom. The first kappa shape index (κ1) is 14.8. The van der Waals surface area contributed by atoms with E-state index in [1.165, 1.54) is 5.56 Å². The fraction of sp³-hybridized carbons (Fsp3) is 0.462. The molecule has 0 aliphatic rings. The second kappa shape index (κ2) is 7.24. The lowest BCUT2D eigenvalue weighted by molar-refractivity contribution is 0.230. The van der Waals surface area contributed by atoms with Crippen molar-refractivity contribution in [3.8, 4) is 0 Å². The van der Waals surface area contributed by atoms with Crippen LogP contribution in [0.5, 0.6) is 0 Å². The summed E-state index contributed by atoms with van der Waals surface area (Å²) in [5.41, 5.74) is 6.75. The number of nitrogens with two attached hydrogens (primary N) is 1. The molecule has 0 aliphatic heterocycles. The maximum absolute atomic E-state index is 8.61. The molecule has 0 saturated carbocycles. The van der Waals surface area contributed by atoms with E-state index in [0.29, 0.717) is 6.42 Å². The Morgan fingerprint density at radius 3 is 2.56 bits per heavy atom. The topological polar surface area (TPSA) is 61.9 Å². The molecule has 0 aliphatic carbocycles. The van der Waals surface area contributed by atoms with Crippen LogP contribution in [0.25, 0.3) is 0 Å². The summed E-state index contributed by atoms with van der Waals surface area (Å²) in [5, 5.41) is 12.4. The summed E-state index contributed by atoms with van der Waals surface area (Å²) in [6.07, 6.45) is 1.51. The Bertz CT molecular complexity index is 392. The van der Waals surface area contributed by atoms with Crippen molar-refractivity contribution in [3.05, 3.63) is 34.9 Å². The number of nitrogens with zero attached hydrogens (tertiary/aromatic N) is 2. The Kier molecular flexibility index (Phi) is 5.95. The van der Waals surface area contributed by atoms with Gasteiger partial charge in [0.1, 0.15) is 5.84 Å². The Balaban J connectivity index is 2.61. The highest BCUT2D eigenvalue weighted by Crippen LogP contribution is 2.14. The van der Waals surface area contributed by atoms with Crippen molar-refractivity contribution in [3.63, 3.8) is 0 Å². The van der Waals surface area contributed by atoms with Crippen molar-refractivity contribution >= 4 is 17.4 Å². The quantitative estimate of drug-likeness (QED) is 0.361. The van der Waals surface area contributed by atoms with Crippen molar-refractivity contribution in [2.75, 3.05) is 7.05 Å². The molecule has 5 heteroatoms. The van der Waals surface area contributed by atoms with Crippen LogP contribution in [0, 0.1) is 0 Å². The molecule has 1 aromatic rings. The molecule has 0 aromatic heterocycles. The minimum atomic E-state index is 0.261. The van der Waals surface area contributed by atoms with Gasteiger partial charge in [-0.05, 0) is 31.2 Å². The first-order valence-corrected chi connectivity index (χ1v) is 6.35. The van der Waals surface area contributed by atoms with Crippen molar-refractivity contribution in [2.24, 2.45) is 10.9 Å². The van der Waals surface area contributed by atoms with Crippen LogP contribution in [0.15, 0.2) is 29.4 Å². The maximum Gasteiger partial charge on any atom is 0.140 e. The number of benzene rings is 1. The van der Waals surface area contributed by atoms with Crippen molar-refractivity contribution in [1.82, 2.24) is 4.90 Å². The van der Waals surface area contributed by atoms with Gasteiger partial charge in [0.15, 0.2) is 0 Å². The Labute approximate surface area is 113 Å². The van der Waals surface area contributed by atoms with Gasteiger partial charge in [-0.15, -0.1) is 0 Å². The molecule has 0 saturated heterocycles. The summed E-state index contributed by atoms with van der Waals surface area (Å²) in [7, 11) is 2.04. The maximum atomic E-state index is 8.61. The minimum absolute atomic E-state index is 0.261. The second-order valence-corrected chi connectivity index (χ2v) is 4.84. The molecule has 1 aromatic carbocycles. The van der Waals surface area contributed by atoms with Gasteiger partial charge in [-0.25, -0.2) is 0 Å². The summed E-state index contributed by atoms with van der Waals surface area (Å²) in [5.74, 6) is 0.268. The SMILES string of the molecule is CCC(CC(N)=NO)N(C)Cc1ccc(Cl)cc1. The van der Waals surface area contributed by atoms with Gasteiger partial charge in [0.25, 0.3) is 0 Å². The van der Waals surface area contributed by atoms with Gasteiger partial charge in [-0.3, -0.25) is 4.90 Å². The van der Waals surface area contributed by atoms with E-state index in [1.807, 2.05) is 31.3 Å². The molecule has 0 spiro atoms. The third-order valence-electron chi connectivity index (χ3n) is 3.01. The summed E-state index contributed by atoms with van der Waals surface area (Å²) >= 11 is 5.85. The first-order valence-electron chi connectivity index (χ1n) is 5.97. The molecule has 1 atom stereocenters. The normalized spacial score (nSPS) is 13.9. The van der Waals surface area contributed by atoms with E-state index < -0.39 is 0 Å². The number of hydrogen-bond donors (Lipinski definition) is 2. The third-order valence-corrected chi connectivity index (χ3v) is 3.27. The van der Waals surface area contributed by atoms with Gasteiger partial charge in [-0.1, -0.05) is 35.8 Å². The second-order valence-electron chi connectivity index (χ2n) is 4.40. The largest absolute Gasteiger partial charge is 0.409 e. The lowest BCUT2D eigenvalue weighted by Gasteiger charge is -2.26. The number of hydrogen-bond acceptors (Lipinski definition) is 3. The first-order chi connectivity index (χ1) is 8.56. The van der Waals surface area contributed by atoms with Gasteiger partial charge in [0, 0.05) is 24.0 Å². The zero-order chi connectivity index (χ0) is 13.5. The van der Waals surface area contributed by atoms with Crippen LogP contribution in [0.3, 0.4) is 0 Å². The monoisotopic (exact) mass is 269 g/mol. The summed E-state index contributed by atoms with van der Waals surface area (Å²) in [6, 6.07) is 8.05. The minimum Gasteiger partial charge on any atom is -0.409 e. The van der Waals surface area contributed by atoms with Crippen LogP contribution in [-0.2, 0) is 6.54 Å². The van der Waals surface area contributed by atoms with Gasteiger partial charge in [-0.2, -0.15) is 0 Å². The van der Waals surface area contributed by atoms with Gasteiger partial charge in [0.05, 0.1) is 0 Å². The van der Waals surface area contributed by atoms with E-state index in [9.17, 15) is 0 Å². The molecule has 3 N–H and O–H groups in total. The molecule has 0 fully saturated rings. The summed E-state index contributed by atoms with van der Waals surface area (Å²) < 4.78 is 0. The Hall–Kier alpha value is -1.26. The predicted molar refractivity (Wildman–Crippen MR) is 75.0 cm³/mol. The molecular weight excluding hydrogens is 250 g/mol. The van der Waals surface area contributed by atoms with Crippen molar-refractivity contribution < 1.29 is 5.21 Å². The van der Waals surface area contributed by atoms with E-state index in [2.05, 4.69) is 17.0 Å². The highest BCUT2D eigenvalue weighted by Gasteiger charge is 2.14. The lowest BCUT2D eigenvalue weighted by atomic mass is 10.1. The zero-order valence-corrected chi connectivity index (χ0v) is 11.6. The van der Waals surface area contributed by atoms with Crippen molar-refractivity contribution in [2.45, 2.75) is 32.4 Å². The number of amidine groups is 1. The van der Waals surface area contributed by atoms with Crippen LogP contribution < -0.4 is 5.73 Å². The Morgan fingerprint density at radius 1 is 1.44 bits per heavy atom. The molecular formula is C13H20ClN3O. The fourth-order valence-electron chi connectivity index (χ4n) is 1.90. The standard InChI is InChI=1S/C13H20ClN3O/c1-3-12(8-13(15)16-18)17(2)9-10-4-6-11(14)7-5-10/h4-7,12,18H,3,8-9H2,1-2H3,(H2,15,16). The van der Waals surface area contributed by atoms with Crippen LogP contribution in [0.1, 0.15) is 25.3 Å². The van der Waals surface area contributed by atoms with Crippen molar-refractivity contribution in [1.29, 1.82) is 0 Å². The van der Waals surface area contributed by atoms with Crippen LogP contribution >= 0.6 is 11.6 Å². The van der Waals surface area contributed by atoms with E-state index >= 15 is 0 Å². The summed E-state index contributed by atoms with van der Waals surface area (Å²) in [6.45, 7) is 2.90. The lowest BCUT2D eigenvalue weighted by Crippen LogP contribution is -2.34. The van der Waals surface area contributed by atoms with E-state index in [4.69, 9.17) is 22.5 Å². The van der Waals surface area contributed by atoms with Crippen LogP contribution in [0.4, 0.5) is 0 Å². The highest BCUT2D eigenvalue weighted by atomic mass is 35.5. The molecule has 0 radical (unpaired) electrons. The average Bonchev–Trinajstić information content (AvgIpc) is 2.38. The molecule has 18 heavy (non-hydrogen) atoms. The predicted octanol–water partition coefficient (Wildman–Crippen LogP) is 2.69. The van der Waals surface area contributed by atoms with E-state index in [-0.39, 0.29) is 11.9 Å². The zero-order valence-electron chi connectivity index (χ0n) is 10.8. The average molecular weight is 270 g/mol. The van der Waals surface area contributed by atoms with Crippen LogP contribution in [-0.4, -0.2) is 29.0 Å². The highest BCUT2D eigenvalue weighted by molar-refractivity contribution is 6.30. The smallest absolute Gasteiger partial charge is 0.140 e. The molecule has 1 unspecified atom stereocenters. The number of oxime groups is 1. The van der Waals surface area contributed by atoms with Gasteiger partial charge < -0.3 is 10.9 Å². The molecule has 0 bridgehead atoms. The molecule has 4 nitrogen and oxygen atoms in total. The van der Waals surface area contributed by atoms with E-state index in [0.717, 1.165) is 18.0 Å². The molecule has 0 heterocycles. The van der Waals surface area contributed by atoms with Gasteiger partial charge in [0.2, 0.25) is 0 Å². The number of halogens is 1.